The van der Waals surface area contributed by atoms with Gasteiger partial charge < -0.3 is 29.7 Å². The van der Waals surface area contributed by atoms with Crippen molar-refractivity contribution in [3.05, 3.63) is 88.7 Å². The third-order valence-corrected chi connectivity index (χ3v) is 8.93. The zero-order valence-corrected chi connectivity index (χ0v) is 28.9. The minimum Gasteiger partial charge on any atom is -0.466 e. The Hall–Kier alpha value is -5.54. The van der Waals surface area contributed by atoms with Crippen LogP contribution in [0.1, 0.15) is 57.1 Å². The van der Waals surface area contributed by atoms with Gasteiger partial charge in [0.15, 0.2) is 0 Å². The summed E-state index contributed by atoms with van der Waals surface area (Å²) in [5, 5.41) is 5.09. The van der Waals surface area contributed by atoms with Crippen LogP contribution in [0.2, 0.25) is 0 Å². The summed E-state index contributed by atoms with van der Waals surface area (Å²) in [6.45, 7) is 4.14. The van der Waals surface area contributed by atoms with E-state index >= 15 is 0 Å². The summed E-state index contributed by atoms with van der Waals surface area (Å²) in [5.41, 5.74) is 4.01. The molecule has 1 aliphatic carbocycles. The number of rotatable bonds is 14. The molecular formula is C37H36F5N3O8. The van der Waals surface area contributed by atoms with Crippen molar-refractivity contribution in [3.63, 3.8) is 0 Å². The van der Waals surface area contributed by atoms with Crippen LogP contribution in [-0.4, -0.2) is 72.6 Å². The molecule has 0 bridgehead atoms. The molecule has 1 fully saturated rings. The van der Waals surface area contributed by atoms with E-state index in [0.717, 1.165) is 27.2 Å². The zero-order valence-electron chi connectivity index (χ0n) is 28.9. The second-order valence-corrected chi connectivity index (χ2v) is 12.9. The molecule has 11 nitrogen and oxygen atoms in total. The molecule has 0 saturated carbocycles. The monoisotopic (exact) mass is 745 g/mol. The Kier molecular flexibility index (Phi) is 12.0. The third kappa shape index (κ3) is 8.26. The number of carbonyl (C=O) groups is 5. The Morgan fingerprint density at radius 3 is 1.94 bits per heavy atom. The van der Waals surface area contributed by atoms with Crippen LogP contribution in [0.3, 0.4) is 0 Å². The highest BCUT2D eigenvalue weighted by atomic mass is 19.2. The van der Waals surface area contributed by atoms with Crippen molar-refractivity contribution < 1.29 is 60.1 Å². The van der Waals surface area contributed by atoms with Gasteiger partial charge in [-0.15, -0.1) is 0 Å². The van der Waals surface area contributed by atoms with Gasteiger partial charge in [0.25, 0.3) is 0 Å². The summed E-state index contributed by atoms with van der Waals surface area (Å²) < 4.78 is 83.9. The van der Waals surface area contributed by atoms with Crippen molar-refractivity contribution in [3.8, 4) is 16.9 Å². The highest BCUT2D eigenvalue weighted by Crippen LogP contribution is 2.44. The van der Waals surface area contributed by atoms with Crippen LogP contribution in [0, 0.1) is 35.0 Å². The van der Waals surface area contributed by atoms with Gasteiger partial charge in [-0.2, -0.15) is 8.78 Å². The fraction of sp³-hybridized carbons (Fsp3) is 0.378. The number of nitrogens with zero attached hydrogens (tertiary/aromatic N) is 1. The molecule has 3 amide bonds. The van der Waals surface area contributed by atoms with E-state index in [0.29, 0.717) is 0 Å². The number of nitrogens with one attached hydrogen (secondary N) is 2. The summed E-state index contributed by atoms with van der Waals surface area (Å²) in [5.74, 6) is -18.1. The number of β-lactam (4-membered cyclic amide) rings is 1. The molecule has 2 aliphatic rings. The van der Waals surface area contributed by atoms with Gasteiger partial charge in [-0.1, -0.05) is 62.4 Å². The Bertz CT molecular complexity index is 1850. The molecule has 282 valence electrons. The van der Waals surface area contributed by atoms with Gasteiger partial charge in [0.1, 0.15) is 25.2 Å². The molecule has 0 spiro atoms. The maximum atomic E-state index is 14.1. The Morgan fingerprint density at radius 1 is 0.811 bits per heavy atom. The Balaban J connectivity index is 1.25. The number of carbonyl (C=O) groups excluding carboxylic acids is 5. The van der Waals surface area contributed by atoms with Crippen LogP contribution in [0.15, 0.2) is 48.5 Å². The number of likely N-dealkylation sites (tertiary alicyclic amines) is 1. The van der Waals surface area contributed by atoms with Crippen LogP contribution in [0.25, 0.3) is 11.1 Å². The molecule has 1 aliphatic heterocycles. The molecule has 3 atom stereocenters. The number of halogens is 5. The SMILES string of the molecule is CCOC(=O)CC[C@@H]1[C@H](NC(=O)[C@H](CC(C)C)NC(=O)OCC2c3ccccc3-c3ccccc32)C(=O)N1CC(=O)Oc1c(F)c(F)c(F)c(F)c1F. The average Bonchev–Trinajstić information content (AvgIpc) is 3.46. The van der Waals surface area contributed by atoms with Gasteiger partial charge in [0, 0.05) is 12.3 Å². The van der Waals surface area contributed by atoms with Crippen molar-refractivity contribution >= 4 is 29.8 Å². The predicted molar refractivity (Wildman–Crippen MR) is 177 cm³/mol. The van der Waals surface area contributed by atoms with E-state index in [2.05, 4.69) is 15.4 Å². The molecule has 16 heteroatoms. The second kappa shape index (κ2) is 16.4. The Morgan fingerprint density at radius 2 is 1.38 bits per heavy atom. The molecule has 5 rings (SSSR count). The molecule has 0 radical (unpaired) electrons. The van der Waals surface area contributed by atoms with Crippen molar-refractivity contribution in [1.82, 2.24) is 15.5 Å². The van der Waals surface area contributed by atoms with Gasteiger partial charge >= 0.3 is 18.0 Å². The first kappa shape index (κ1) is 38.7. The third-order valence-electron chi connectivity index (χ3n) is 8.93. The predicted octanol–water partition coefficient (Wildman–Crippen LogP) is 5.28. The molecule has 3 aromatic rings. The standard InChI is InChI=1S/C37H36F5N3O8/c1-4-51-26(46)14-13-25-33(36(49)45(25)16-27(47)53-34-31(41)29(39)28(38)30(40)32(34)42)44-35(48)24(15-18(2)3)43-37(50)52-17-23-21-11-7-5-9-19(21)20-10-6-8-12-22(20)23/h5-12,18,23-25,33H,4,13-17H2,1-3H3,(H,43,50)(H,44,48)/t24-,25+,33-/m0/s1. The van der Waals surface area contributed by atoms with Crippen molar-refractivity contribution in [1.29, 1.82) is 0 Å². The lowest BCUT2D eigenvalue weighted by atomic mass is 9.90. The molecular weight excluding hydrogens is 709 g/mol. The lowest BCUT2D eigenvalue weighted by molar-refractivity contribution is -0.160. The first-order valence-corrected chi connectivity index (χ1v) is 16.8. The van der Waals surface area contributed by atoms with Crippen LogP contribution >= 0.6 is 0 Å². The first-order valence-electron chi connectivity index (χ1n) is 16.8. The number of ether oxygens (including phenoxy) is 3. The molecule has 3 aromatic carbocycles. The number of esters is 2. The minimum absolute atomic E-state index is 0.0248. The maximum absolute atomic E-state index is 14.1. The zero-order chi connectivity index (χ0) is 38.6. The van der Waals surface area contributed by atoms with Gasteiger partial charge in [-0.25, -0.2) is 22.8 Å². The Labute approximate surface area is 300 Å². The van der Waals surface area contributed by atoms with E-state index < -0.39 is 89.4 Å². The van der Waals surface area contributed by atoms with Crippen LogP contribution in [0.4, 0.5) is 26.7 Å². The van der Waals surface area contributed by atoms with E-state index in [1.54, 1.807) is 20.8 Å². The van der Waals surface area contributed by atoms with Gasteiger partial charge in [-0.3, -0.25) is 14.4 Å². The summed E-state index contributed by atoms with van der Waals surface area (Å²) in [6.07, 6.45) is -1.21. The van der Waals surface area contributed by atoms with E-state index in [4.69, 9.17) is 9.47 Å². The average molecular weight is 746 g/mol. The summed E-state index contributed by atoms with van der Waals surface area (Å²) in [6, 6.07) is 11.9. The van der Waals surface area contributed by atoms with Crippen LogP contribution < -0.4 is 15.4 Å². The van der Waals surface area contributed by atoms with E-state index in [-0.39, 0.29) is 44.3 Å². The lowest BCUT2D eigenvalue weighted by Crippen LogP contribution is -2.72. The van der Waals surface area contributed by atoms with Crippen LogP contribution in [0.5, 0.6) is 5.75 Å². The highest BCUT2D eigenvalue weighted by Gasteiger charge is 2.49. The van der Waals surface area contributed by atoms with E-state index in [9.17, 15) is 45.9 Å². The molecule has 2 N–H and O–H groups in total. The molecule has 1 saturated heterocycles. The van der Waals surface area contributed by atoms with Gasteiger partial charge in [0.2, 0.25) is 46.6 Å². The second-order valence-electron chi connectivity index (χ2n) is 12.9. The lowest BCUT2D eigenvalue weighted by Gasteiger charge is -2.47. The molecule has 1 heterocycles. The maximum Gasteiger partial charge on any atom is 0.407 e. The molecule has 0 unspecified atom stereocenters. The first-order chi connectivity index (χ1) is 25.2. The topological polar surface area (TPSA) is 140 Å². The number of hydrogen-bond donors (Lipinski definition) is 2. The van der Waals surface area contributed by atoms with E-state index in [1.807, 2.05) is 48.5 Å². The van der Waals surface area contributed by atoms with Gasteiger partial charge in [0.05, 0.1) is 12.6 Å². The summed E-state index contributed by atoms with van der Waals surface area (Å²) in [4.78, 5) is 65.4. The van der Waals surface area contributed by atoms with E-state index in [1.165, 1.54) is 0 Å². The van der Waals surface area contributed by atoms with Crippen molar-refractivity contribution in [2.45, 2.75) is 64.1 Å². The largest absolute Gasteiger partial charge is 0.466 e. The summed E-state index contributed by atoms with van der Waals surface area (Å²) >= 11 is 0. The number of alkyl carbamates (subject to hydrolysis) is 1. The molecule has 0 aromatic heterocycles. The van der Waals surface area contributed by atoms with Crippen molar-refractivity contribution in [2.75, 3.05) is 19.8 Å². The van der Waals surface area contributed by atoms with Crippen molar-refractivity contribution in [2.24, 2.45) is 5.92 Å². The fourth-order valence-electron chi connectivity index (χ4n) is 6.48. The summed E-state index contributed by atoms with van der Waals surface area (Å²) in [7, 11) is 0. The number of fused-ring (bicyclic) bond motifs is 3. The number of hydrogen-bond acceptors (Lipinski definition) is 8. The highest BCUT2D eigenvalue weighted by molar-refractivity contribution is 5.97. The van der Waals surface area contributed by atoms with Crippen LogP contribution in [-0.2, 0) is 28.7 Å². The minimum atomic E-state index is -2.46. The molecule has 53 heavy (non-hydrogen) atoms. The number of benzene rings is 3. The smallest absolute Gasteiger partial charge is 0.407 e. The van der Waals surface area contributed by atoms with Gasteiger partial charge in [-0.05, 0) is 47.9 Å². The number of amides is 3. The quantitative estimate of drug-likeness (QED) is 0.0568. The normalized spacial score (nSPS) is 16.7. The fourth-order valence-corrected chi connectivity index (χ4v) is 6.48.